The summed E-state index contributed by atoms with van der Waals surface area (Å²) in [4.78, 5) is 0. The SMILES string of the molecule is C.CSF.C[C@H](CCC(O)C(C)(C)C)[C@H]1CC[C@H]2[C@@H]3CC=C4C[C@](O)(C(F)(F)F)CC[C@]4(C)[C@H]3CC[C@]12C.C[C@H](CC[C@H](O)C(C)(C)C)[C@H]1CC[C@H]2[C@@H]3CC=C4C[C@](O)(C(F)(F)F)CC[C@]4(C)[C@H]3CC[C@]12C.C[C@H](CC[C@H](O)C(C)(C)C)[C@H]1CC[C@H]2[C@@H]3CC=C4C[C@](O)(C(F)(F)F)CC[C@]4(C)[C@H]3CC[C@]12C. The monoisotopic (exact) mass is 1540 g/mol. The van der Waals surface area contributed by atoms with Gasteiger partial charge in [0.2, 0.25) is 0 Å². The third-order valence-electron chi connectivity index (χ3n) is 34.0. The summed E-state index contributed by atoms with van der Waals surface area (Å²) in [5, 5.41) is 62.9. The Morgan fingerprint density at radius 2 is 0.585 bits per heavy atom. The number of halogens is 10. The molecule has 12 aliphatic carbocycles. The Kier molecular flexibility index (Phi) is 26.9. The van der Waals surface area contributed by atoms with Crippen LogP contribution in [0.3, 0.4) is 0 Å². The summed E-state index contributed by atoms with van der Waals surface area (Å²) < 4.78 is 132. The first-order valence-electron chi connectivity index (χ1n) is 41.6. The lowest BCUT2D eigenvalue weighted by atomic mass is 9.46. The molecule has 12 aliphatic rings. The summed E-state index contributed by atoms with van der Waals surface area (Å²) in [7, 11) is 0. The van der Waals surface area contributed by atoms with Crippen molar-refractivity contribution in [2.24, 2.45) is 138 Å². The largest absolute Gasteiger partial charge is 0.417 e. The van der Waals surface area contributed by atoms with Gasteiger partial charge in [0.05, 0.1) is 18.3 Å². The normalized spacial score (nSPS) is 43.0. The molecule has 0 aromatic heterocycles. The van der Waals surface area contributed by atoms with Crippen LogP contribution in [0.15, 0.2) is 34.9 Å². The second-order valence-corrected chi connectivity index (χ2v) is 42.9. The van der Waals surface area contributed by atoms with Crippen LogP contribution in [0.25, 0.3) is 0 Å². The van der Waals surface area contributed by atoms with Crippen LogP contribution in [0, 0.1) is 138 Å². The van der Waals surface area contributed by atoms with Crippen molar-refractivity contribution in [1.29, 1.82) is 0 Å². The molecule has 106 heavy (non-hydrogen) atoms. The van der Waals surface area contributed by atoms with Gasteiger partial charge in [0.1, 0.15) is 0 Å². The molecule has 27 atom stereocenters. The standard InChI is InChI=1S/3C29H47F3O2.CH3FS.CH4/c3*1-18(7-12-24(33)25(2,3)4)21-10-11-22-20-9-8-19-17-28(34,29(30,31)32)16-15-26(19,5)23(20)13-14-27(21,22)6;1-3-2;/h3*8,18,20-24,33-34H,7,9-17H2,1-6H3;1H3;1H4/t18-,20+,21-,22+,23+,24?,26+,27-,28+;2*18-,20+,21-,22+,23+,24+,26+,27-,28+;;/m111../s1. The number of hydrogen-bond donors (Lipinski definition) is 6. The number of alkyl halides is 9. The molecule has 6 N–H and O–H groups in total. The zero-order chi connectivity index (χ0) is 78.7. The summed E-state index contributed by atoms with van der Waals surface area (Å²) in [5.74, 6) is 8.51. The quantitative estimate of drug-likeness (QED) is 0.0850. The minimum atomic E-state index is -4.56. The van der Waals surface area contributed by atoms with Crippen molar-refractivity contribution in [3.63, 3.8) is 0 Å². The minimum absolute atomic E-state index is 0. The highest BCUT2D eigenvalue weighted by atomic mass is 32.2. The van der Waals surface area contributed by atoms with Gasteiger partial charge < -0.3 is 30.6 Å². The lowest BCUT2D eigenvalue weighted by molar-refractivity contribution is -0.271. The number of allylic oxidation sites excluding steroid dienone is 3. The summed E-state index contributed by atoms with van der Waals surface area (Å²) in [5.41, 5.74) is -5.08. The molecule has 6 nitrogen and oxygen atoms in total. The molecule has 9 saturated carbocycles. The Morgan fingerprint density at radius 3 is 0.783 bits per heavy atom. The molecule has 0 aromatic carbocycles. The number of hydrogen-bond acceptors (Lipinski definition) is 7. The van der Waals surface area contributed by atoms with Gasteiger partial charge in [0.15, 0.2) is 16.8 Å². The smallest absolute Gasteiger partial charge is 0.393 e. The minimum Gasteiger partial charge on any atom is -0.393 e. The highest BCUT2D eigenvalue weighted by Crippen LogP contribution is 2.73. The van der Waals surface area contributed by atoms with Crippen molar-refractivity contribution in [1.82, 2.24) is 0 Å². The van der Waals surface area contributed by atoms with E-state index in [0.717, 1.165) is 113 Å². The lowest BCUT2D eigenvalue weighted by Gasteiger charge is -2.59. The molecule has 17 heteroatoms. The van der Waals surface area contributed by atoms with Gasteiger partial charge in [-0.25, -0.2) is 0 Å². The molecule has 0 spiro atoms. The fourth-order valence-electron chi connectivity index (χ4n) is 26.8. The summed E-state index contributed by atoms with van der Waals surface area (Å²) in [6, 6.07) is 0. The highest BCUT2D eigenvalue weighted by molar-refractivity contribution is 7.93. The number of rotatable bonds is 12. The molecular formula is C89H148F10O6S. The van der Waals surface area contributed by atoms with E-state index in [-0.39, 0.29) is 125 Å². The average Bonchev–Trinajstić information content (AvgIpc) is 1.41. The molecule has 12 rings (SSSR count). The van der Waals surface area contributed by atoms with Crippen molar-refractivity contribution in [3.05, 3.63) is 34.9 Å². The van der Waals surface area contributed by atoms with Crippen molar-refractivity contribution < 1.29 is 74.0 Å². The third-order valence-corrected chi connectivity index (χ3v) is 34.0. The van der Waals surface area contributed by atoms with Crippen molar-refractivity contribution in [2.45, 2.75) is 378 Å². The van der Waals surface area contributed by atoms with Gasteiger partial charge in [-0.1, -0.05) is 167 Å². The van der Waals surface area contributed by atoms with Crippen LogP contribution in [0.5, 0.6) is 0 Å². The van der Waals surface area contributed by atoms with Crippen LogP contribution >= 0.6 is 12.1 Å². The summed E-state index contributed by atoms with van der Waals surface area (Å²) in [6.07, 6.45) is 15.6. The summed E-state index contributed by atoms with van der Waals surface area (Å²) in [6.45, 7) is 40.1. The first kappa shape index (κ1) is 90.2. The predicted molar refractivity (Wildman–Crippen MR) is 412 cm³/mol. The van der Waals surface area contributed by atoms with E-state index in [1.54, 1.807) is 0 Å². The fraction of sp³-hybridized carbons (Fsp3) is 0.933. The van der Waals surface area contributed by atoms with Crippen molar-refractivity contribution >= 4 is 12.1 Å². The van der Waals surface area contributed by atoms with Crippen molar-refractivity contribution in [2.75, 3.05) is 6.26 Å². The van der Waals surface area contributed by atoms with Gasteiger partial charge in [0.25, 0.3) is 0 Å². The van der Waals surface area contributed by atoms with E-state index >= 15 is 0 Å². The molecule has 9 fully saturated rings. The van der Waals surface area contributed by atoms with Crippen LogP contribution in [0.4, 0.5) is 43.4 Å². The van der Waals surface area contributed by atoms with Gasteiger partial charge in [-0.15, -0.1) is 0 Å². The molecule has 0 radical (unpaired) electrons. The van der Waals surface area contributed by atoms with Gasteiger partial charge >= 0.3 is 18.5 Å². The van der Waals surface area contributed by atoms with E-state index < -0.39 is 35.3 Å². The van der Waals surface area contributed by atoms with E-state index in [0.29, 0.717) is 108 Å². The Labute approximate surface area is 640 Å². The van der Waals surface area contributed by atoms with Crippen LogP contribution in [0.2, 0.25) is 0 Å². The second kappa shape index (κ2) is 31.7. The second-order valence-electron chi connectivity index (χ2n) is 42.5. The summed E-state index contributed by atoms with van der Waals surface area (Å²) >= 11 is 0.250. The molecule has 0 saturated heterocycles. The van der Waals surface area contributed by atoms with Crippen LogP contribution in [-0.2, 0) is 0 Å². The molecule has 0 amide bonds. The van der Waals surface area contributed by atoms with Crippen molar-refractivity contribution in [3.8, 4) is 0 Å². The van der Waals surface area contributed by atoms with E-state index in [2.05, 4.69) is 143 Å². The Hall–Kier alpha value is -1.37. The molecule has 1 unspecified atom stereocenters. The lowest BCUT2D eigenvalue weighted by Crippen LogP contribution is -2.55. The highest BCUT2D eigenvalue weighted by Gasteiger charge is 2.68. The third kappa shape index (κ3) is 16.9. The topological polar surface area (TPSA) is 121 Å². The maximum atomic E-state index is 13.6. The molecule has 0 aromatic rings. The van der Waals surface area contributed by atoms with Gasteiger partial charge in [-0.3, -0.25) is 0 Å². The maximum absolute atomic E-state index is 13.6. The van der Waals surface area contributed by atoms with Crippen LogP contribution < -0.4 is 0 Å². The number of aliphatic hydroxyl groups excluding tert-OH is 3. The molecular weight excluding hydrogens is 1390 g/mol. The maximum Gasteiger partial charge on any atom is 0.417 e. The molecule has 0 aliphatic heterocycles. The molecule has 0 heterocycles. The fourth-order valence-corrected chi connectivity index (χ4v) is 26.8. The van der Waals surface area contributed by atoms with Crippen LogP contribution in [0.1, 0.15) is 325 Å². The molecule has 0 bridgehead atoms. The first-order valence-corrected chi connectivity index (χ1v) is 42.8. The van der Waals surface area contributed by atoms with Crippen LogP contribution in [-0.4, -0.2) is 90.5 Å². The van der Waals surface area contributed by atoms with Gasteiger partial charge in [-0.05, 0) is 311 Å². The molecule has 616 valence electrons. The van der Waals surface area contributed by atoms with E-state index in [1.165, 1.54) is 44.8 Å². The van der Waals surface area contributed by atoms with Gasteiger partial charge in [0, 0.05) is 37.7 Å². The van der Waals surface area contributed by atoms with E-state index in [1.807, 2.05) is 0 Å². The number of fused-ring (bicyclic) bond motifs is 15. The zero-order valence-electron chi connectivity index (χ0n) is 68.2. The van der Waals surface area contributed by atoms with E-state index in [9.17, 15) is 74.0 Å². The number of aliphatic hydroxyl groups is 6. The Morgan fingerprint density at radius 1 is 0.368 bits per heavy atom. The Balaban J connectivity index is 0.000000196. The average molecular weight is 1540 g/mol. The van der Waals surface area contributed by atoms with E-state index in [4.69, 9.17) is 0 Å². The Bertz CT molecular complexity index is 2740. The first-order chi connectivity index (χ1) is 48.0. The predicted octanol–water partition coefficient (Wildman–Crippen LogP) is 24.9. The van der Waals surface area contributed by atoms with Gasteiger partial charge in [-0.2, -0.15) is 43.4 Å². The zero-order valence-corrected chi connectivity index (χ0v) is 69.0.